The summed E-state index contributed by atoms with van der Waals surface area (Å²) in [5.41, 5.74) is 1.22. The van der Waals surface area contributed by atoms with E-state index in [1.807, 2.05) is 24.3 Å². The number of Topliss-reactive ketones (excluding diaryl/α,β-unsaturated/α-hetero) is 1. The van der Waals surface area contributed by atoms with Gasteiger partial charge in [0.1, 0.15) is 11.5 Å². The summed E-state index contributed by atoms with van der Waals surface area (Å²) in [6, 6.07) is 7.91. The quantitative estimate of drug-likeness (QED) is 0.747. The average Bonchev–Trinajstić information content (AvgIpc) is 2.18. The number of carbonyl (C=O) groups excluding carboxylic acids is 1. The summed E-state index contributed by atoms with van der Waals surface area (Å²) >= 11 is 1.64. The molecule has 1 aromatic rings. The molecule has 14 heavy (non-hydrogen) atoms. The second kappa shape index (κ2) is 5.70. The molecule has 0 fully saturated rings. The third-order valence-electron chi connectivity index (χ3n) is 1.73. The molecule has 1 rings (SSSR count). The molecule has 76 valence electrons. The number of benzene rings is 1. The highest BCUT2D eigenvalue weighted by molar-refractivity contribution is 7.99. The van der Waals surface area contributed by atoms with E-state index in [2.05, 4.69) is 0 Å². The van der Waals surface area contributed by atoms with Crippen LogP contribution in [-0.4, -0.2) is 18.6 Å². The van der Waals surface area contributed by atoms with Crippen LogP contribution in [0.15, 0.2) is 24.3 Å². The summed E-state index contributed by atoms with van der Waals surface area (Å²) in [5, 5.41) is 0. The molecule has 0 unspecified atom stereocenters. The zero-order valence-electron chi connectivity index (χ0n) is 8.45. The molecule has 0 aromatic heterocycles. The molecular weight excluding hydrogens is 196 g/mol. The highest BCUT2D eigenvalue weighted by Crippen LogP contribution is 2.16. The summed E-state index contributed by atoms with van der Waals surface area (Å²) < 4.78 is 5.05. The number of ketones is 1. The van der Waals surface area contributed by atoms with E-state index in [1.54, 1.807) is 25.8 Å². The zero-order valence-corrected chi connectivity index (χ0v) is 9.26. The van der Waals surface area contributed by atoms with Crippen LogP contribution in [0.1, 0.15) is 12.5 Å². The van der Waals surface area contributed by atoms with Gasteiger partial charge in [0.05, 0.1) is 12.9 Å². The molecule has 2 nitrogen and oxygen atoms in total. The fraction of sp³-hybridized carbons (Fsp3) is 0.364. The minimum absolute atomic E-state index is 0.225. The molecule has 0 aliphatic rings. The van der Waals surface area contributed by atoms with Gasteiger partial charge >= 0.3 is 0 Å². The lowest BCUT2D eigenvalue weighted by Gasteiger charge is -2.02. The van der Waals surface area contributed by atoms with E-state index in [0.717, 1.165) is 11.5 Å². The van der Waals surface area contributed by atoms with Gasteiger partial charge in [-0.15, -0.1) is 11.8 Å². The molecule has 0 radical (unpaired) electrons. The van der Waals surface area contributed by atoms with Gasteiger partial charge in [-0.25, -0.2) is 0 Å². The predicted octanol–water partition coefficient (Wildman–Crippen LogP) is 2.52. The van der Waals surface area contributed by atoms with E-state index in [1.165, 1.54) is 5.56 Å². The molecule has 0 heterocycles. The van der Waals surface area contributed by atoms with Crippen LogP contribution in [-0.2, 0) is 10.5 Å². The zero-order chi connectivity index (χ0) is 10.4. The van der Waals surface area contributed by atoms with Crippen molar-refractivity contribution in [3.05, 3.63) is 29.8 Å². The maximum absolute atomic E-state index is 10.7. The predicted molar refractivity (Wildman–Crippen MR) is 59.8 cm³/mol. The van der Waals surface area contributed by atoms with Crippen LogP contribution in [0.3, 0.4) is 0 Å². The Morgan fingerprint density at radius 2 is 2.00 bits per heavy atom. The van der Waals surface area contributed by atoms with Crippen LogP contribution in [0, 0.1) is 0 Å². The van der Waals surface area contributed by atoms with Crippen molar-refractivity contribution in [3.63, 3.8) is 0 Å². The first-order chi connectivity index (χ1) is 6.72. The van der Waals surface area contributed by atoms with Gasteiger partial charge in [0.2, 0.25) is 0 Å². The molecule has 0 bridgehead atoms. The van der Waals surface area contributed by atoms with Gasteiger partial charge in [-0.2, -0.15) is 0 Å². The van der Waals surface area contributed by atoms with E-state index < -0.39 is 0 Å². The third kappa shape index (κ3) is 3.83. The van der Waals surface area contributed by atoms with Crippen molar-refractivity contribution in [1.29, 1.82) is 0 Å². The molecule has 0 N–H and O–H groups in total. The Kier molecular flexibility index (Phi) is 4.53. The molecule has 0 atom stereocenters. The maximum atomic E-state index is 10.7. The molecule has 0 amide bonds. The Morgan fingerprint density at radius 1 is 1.36 bits per heavy atom. The minimum atomic E-state index is 0.225. The van der Waals surface area contributed by atoms with Crippen LogP contribution >= 0.6 is 11.8 Å². The lowest BCUT2D eigenvalue weighted by molar-refractivity contribution is -0.114. The number of thioether (sulfide) groups is 1. The van der Waals surface area contributed by atoms with Gasteiger partial charge in [-0.05, 0) is 24.6 Å². The van der Waals surface area contributed by atoms with Crippen molar-refractivity contribution in [3.8, 4) is 5.75 Å². The van der Waals surface area contributed by atoms with Crippen molar-refractivity contribution in [2.75, 3.05) is 12.9 Å². The van der Waals surface area contributed by atoms with Crippen molar-refractivity contribution < 1.29 is 9.53 Å². The van der Waals surface area contributed by atoms with Gasteiger partial charge < -0.3 is 4.74 Å². The number of ether oxygens (including phenoxy) is 1. The molecule has 0 saturated carbocycles. The first-order valence-corrected chi connectivity index (χ1v) is 5.58. The standard InChI is InChI=1S/C11H14O2S/c1-9(12)7-14-8-10-3-5-11(13-2)6-4-10/h3-6H,7-8H2,1-2H3. The van der Waals surface area contributed by atoms with Gasteiger partial charge in [0.25, 0.3) is 0 Å². The molecule has 0 spiro atoms. The Hall–Kier alpha value is -0.960. The van der Waals surface area contributed by atoms with E-state index in [-0.39, 0.29) is 5.78 Å². The van der Waals surface area contributed by atoms with Crippen molar-refractivity contribution in [2.45, 2.75) is 12.7 Å². The lowest BCUT2D eigenvalue weighted by Crippen LogP contribution is -1.93. The van der Waals surface area contributed by atoms with Crippen molar-refractivity contribution in [2.24, 2.45) is 0 Å². The van der Waals surface area contributed by atoms with Crippen LogP contribution in [0.2, 0.25) is 0 Å². The number of methoxy groups -OCH3 is 1. The van der Waals surface area contributed by atoms with E-state index in [0.29, 0.717) is 5.75 Å². The largest absolute Gasteiger partial charge is 0.497 e. The summed E-state index contributed by atoms with van der Waals surface area (Å²) in [6.07, 6.45) is 0. The fourth-order valence-corrected chi connectivity index (χ4v) is 1.85. The Balaban J connectivity index is 2.40. The Morgan fingerprint density at radius 3 is 2.50 bits per heavy atom. The van der Waals surface area contributed by atoms with E-state index >= 15 is 0 Å². The van der Waals surface area contributed by atoms with Gasteiger partial charge in [-0.3, -0.25) is 4.79 Å². The smallest absolute Gasteiger partial charge is 0.139 e. The van der Waals surface area contributed by atoms with E-state index in [9.17, 15) is 4.79 Å². The number of carbonyl (C=O) groups is 1. The highest BCUT2D eigenvalue weighted by Gasteiger charge is 1.96. The average molecular weight is 210 g/mol. The summed E-state index contributed by atoms with van der Waals surface area (Å²) in [4.78, 5) is 10.7. The Labute approximate surface area is 88.7 Å². The van der Waals surface area contributed by atoms with E-state index in [4.69, 9.17) is 4.74 Å². The number of hydrogen-bond acceptors (Lipinski definition) is 3. The van der Waals surface area contributed by atoms with Crippen LogP contribution in [0.4, 0.5) is 0 Å². The van der Waals surface area contributed by atoms with Gasteiger partial charge in [-0.1, -0.05) is 12.1 Å². The van der Waals surface area contributed by atoms with Crippen molar-refractivity contribution >= 4 is 17.5 Å². The Bertz CT molecular complexity index is 293. The van der Waals surface area contributed by atoms with Gasteiger partial charge in [0.15, 0.2) is 0 Å². The van der Waals surface area contributed by atoms with Crippen LogP contribution in [0.25, 0.3) is 0 Å². The second-order valence-corrected chi connectivity index (χ2v) is 4.03. The topological polar surface area (TPSA) is 26.3 Å². The van der Waals surface area contributed by atoms with Crippen molar-refractivity contribution in [1.82, 2.24) is 0 Å². The molecule has 0 aliphatic carbocycles. The lowest BCUT2D eigenvalue weighted by atomic mass is 10.2. The maximum Gasteiger partial charge on any atom is 0.139 e. The number of hydrogen-bond donors (Lipinski definition) is 0. The SMILES string of the molecule is COc1ccc(CSCC(C)=O)cc1. The fourth-order valence-electron chi connectivity index (χ4n) is 1.03. The first kappa shape index (κ1) is 11.1. The van der Waals surface area contributed by atoms with Gasteiger partial charge in [0, 0.05) is 5.75 Å². The molecular formula is C11H14O2S. The van der Waals surface area contributed by atoms with Crippen LogP contribution < -0.4 is 4.74 Å². The highest BCUT2D eigenvalue weighted by atomic mass is 32.2. The summed E-state index contributed by atoms with van der Waals surface area (Å²) in [6.45, 7) is 1.61. The minimum Gasteiger partial charge on any atom is -0.497 e. The molecule has 0 saturated heterocycles. The monoisotopic (exact) mass is 210 g/mol. The summed E-state index contributed by atoms with van der Waals surface area (Å²) in [7, 11) is 1.65. The summed E-state index contributed by atoms with van der Waals surface area (Å²) in [5.74, 6) is 2.56. The molecule has 0 aliphatic heterocycles. The van der Waals surface area contributed by atoms with Crippen LogP contribution in [0.5, 0.6) is 5.75 Å². The molecule has 3 heteroatoms. The normalized spacial score (nSPS) is 9.86. The first-order valence-electron chi connectivity index (χ1n) is 4.42. The molecule has 1 aromatic carbocycles. The number of rotatable bonds is 5. The second-order valence-electron chi connectivity index (χ2n) is 3.04. The third-order valence-corrected chi connectivity index (χ3v) is 2.88.